The molecule has 1 fully saturated rings. The van der Waals surface area contributed by atoms with Gasteiger partial charge in [0.05, 0.1) is 0 Å². The van der Waals surface area contributed by atoms with E-state index in [0.29, 0.717) is 32.0 Å². The van der Waals surface area contributed by atoms with E-state index in [9.17, 15) is 4.79 Å². The van der Waals surface area contributed by atoms with Gasteiger partial charge in [0.15, 0.2) is 0 Å². The van der Waals surface area contributed by atoms with E-state index in [1.54, 1.807) is 18.4 Å². The summed E-state index contributed by atoms with van der Waals surface area (Å²) in [6, 6.07) is 14.1. The Hall–Kier alpha value is -1.31. The van der Waals surface area contributed by atoms with Crippen LogP contribution in [0.25, 0.3) is 0 Å². The van der Waals surface area contributed by atoms with Crippen LogP contribution in [0.3, 0.4) is 0 Å². The summed E-state index contributed by atoms with van der Waals surface area (Å²) in [5.41, 5.74) is 1.31. The van der Waals surface area contributed by atoms with Gasteiger partial charge in [-0.3, -0.25) is 0 Å². The minimum atomic E-state index is 0.133. The number of carbonyl (C=O) groups excluding carboxylic acids is 1. The van der Waals surface area contributed by atoms with Gasteiger partial charge in [0.25, 0.3) is 0 Å². The van der Waals surface area contributed by atoms with Gasteiger partial charge < -0.3 is 0 Å². The molecule has 0 saturated heterocycles. The summed E-state index contributed by atoms with van der Waals surface area (Å²) in [7, 11) is 0. The zero-order chi connectivity index (χ0) is 14.5. The maximum atomic E-state index is 12.4. The van der Waals surface area contributed by atoms with Gasteiger partial charge in [-0.15, -0.1) is 0 Å². The third kappa shape index (κ3) is 3.87. The Balaban J connectivity index is 1.73. The Morgan fingerprint density at radius 2 is 1.90 bits per heavy atom. The van der Waals surface area contributed by atoms with Crippen molar-refractivity contribution in [2.75, 3.05) is 0 Å². The third-order valence-electron chi connectivity index (χ3n) is 4.00. The number of furan rings is 1. The standard InChI is InChI=1S/C18H20O2Se/c19-16(17-11-6-12-20-17)13-18(14-7-2-1-3-8-14)21-15-9-4-5-10-15/h1-3,6-8,11-12,15,18H,4-5,9-10,13H2/t18-/m1/s1. The zero-order valence-electron chi connectivity index (χ0n) is 12.0. The van der Waals surface area contributed by atoms with Gasteiger partial charge >= 0.3 is 132 Å². The van der Waals surface area contributed by atoms with Crippen molar-refractivity contribution >= 4 is 20.7 Å². The number of carbonyl (C=O) groups is 1. The average Bonchev–Trinajstić information content (AvgIpc) is 3.21. The Kier molecular flexibility index (Phi) is 4.95. The summed E-state index contributed by atoms with van der Waals surface area (Å²) in [4.78, 5) is 13.6. The van der Waals surface area contributed by atoms with Crippen molar-refractivity contribution in [3.8, 4) is 0 Å². The molecule has 0 spiro atoms. The molecule has 3 heteroatoms. The van der Waals surface area contributed by atoms with E-state index in [0.717, 1.165) is 4.82 Å². The van der Waals surface area contributed by atoms with Crippen molar-refractivity contribution in [3.05, 3.63) is 60.1 Å². The van der Waals surface area contributed by atoms with Gasteiger partial charge in [-0.25, -0.2) is 0 Å². The Morgan fingerprint density at radius 3 is 2.57 bits per heavy atom. The molecule has 2 aromatic rings. The van der Waals surface area contributed by atoms with E-state index < -0.39 is 0 Å². The normalized spacial score (nSPS) is 17.0. The van der Waals surface area contributed by atoms with Crippen LogP contribution in [0.4, 0.5) is 0 Å². The molecule has 1 aromatic heterocycles. The summed E-state index contributed by atoms with van der Waals surface area (Å²) in [5, 5.41) is 0. The Labute approximate surface area is 132 Å². The maximum absolute atomic E-state index is 12.4. The minimum absolute atomic E-state index is 0.133. The first-order chi connectivity index (χ1) is 10.3. The van der Waals surface area contributed by atoms with Crippen LogP contribution >= 0.6 is 0 Å². The number of rotatable bonds is 6. The van der Waals surface area contributed by atoms with E-state index in [-0.39, 0.29) is 5.78 Å². The van der Waals surface area contributed by atoms with E-state index in [1.165, 1.54) is 31.2 Å². The van der Waals surface area contributed by atoms with Gasteiger partial charge in [0, 0.05) is 0 Å². The van der Waals surface area contributed by atoms with E-state index >= 15 is 0 Å². The number of ketones is 1. The third-order valence-corrected chi connectivity index (χ3v) is 7.40. The first-order valence-electron chi connectivity index (χ1n) is 7.60. The number of benzene rings is 1. The predicted octanol–water partition coefficient (Wildman–Crippen LogP) is 4.66. The molecule has 1 aliphatic carbocycles. The van der Waals surface area contributed by atoms with E-state index in [2.05, 4.69) is 24.3 Å². The van der Waals surface area contributed by atoms with Crippen molar-refractivity contribution in [1.82, 2.24) is 0 Å². The molecular weight excluding hydrogens is 327 g/mol. The van der Waals surface area contributed by atoms with Gasteiger partial charge in [0.1, 0.15) is 0 Å². The monoisotopic (exact) mass is 348 g/mol. The molecule has 0 N–H and O–H groups in total. The second-order valence-corrected chi connectivity index (χ2v) is 8.71. The van der Waals surface area contributed by atoms with E-state index in [1.807, 2.05) is 6.07 Å². The molecule has 0 bridgehead atoms. The molecule has 0 aliphatic heterocycles. The fraction of sp³-hybridized carbons (Fsp3) is 0.389. The average molecular weight is 347 g/mol. The van der Waals surface area contributed by atoms with Gasteiger partial charge in [-0.05, 0) is 0 Å². The molecule has 0 amide bonds. The Morgan fingerprint density at radius 1 is 1.14 bits per heavy atom. The first-order valence-corrected chi connectivity index (χ1v) is 9.58. The van der Waals surface area contributed by atoms with E-state index in [4.69, 9.17) is 4.42 Å². The molecule has 0 unspecified atom stereocenters. The van der Waals surface area contributed by atoms with Gasteiger partial charge in [0.2, 0.25) is 0 Å². The van der Waals surface area contributed by atoms with Crippen LogP contribution in [0, 0.1) is 0 Å². The van der Waals surface area contributed by atoms with Crippen LogP contribution in [0.2, 0.25) is 4.82 Å². The number of hydrogen-bond donors (Lipinski definition) is 0. The van der Waals surface area contributed by atoms with Crippen LogP contribution in [0.15, 0.2) is 53.1 Å². The van der Waals surface area contributed by atoms with Crippen molar-refractivity contribution in [3.63, 3.8) is 0 Å². The second-order valence-electron chi connectivity index (χ2n) is 5.55. The molecule has 0 radical (unpaired) electrons. The van der Waals surface area contributed by atoms with Crippen LogP contribution in [-0.4, -0.2) is 20.7 Å². The number of Topliss-reactive ketones (excluding diaryl/α,β-unsaturated/α-hetero) is 1. The fourth-order valence-corrected chi connectivity index (χ4v) is 6.30. The molecule has 1 saturated carbocycles. The molecule has 21 heavy (non-hydrogen) atoms. The van der Waals surface area contributed by atoms with Crippen molar-refractivity contribution in [1.29, 1.82) is 0 Å². The summed E-state index contributed by atoms with van der Waals surface area (Å²) < 4.78 is 5.26. The molecule has 3 rings (SSSR count). The summed E-state index contributed by atoms with van der Waals surface area (Å²) >= 11 is 0.486. The summed E-state index contributed by atoms with van der Waals surface area (Å²) in [6.45, 7) is 0. The molecule has 1 aliphatic rings. The topological polar surface area (TPSA) is 30.2 Å². The summed E-state index contributed by atoms with van der Waals surface area (Å²) in [6.07, 6.45) is 7.57. The first kappa shape index (κ1) is 14.6. The van der Waals surface area contributed by atoms with Crippen LogP contribution in [0.1, 0.15) is 53.0 Å². The summed E-state index contributed by atoms with van der Waals surface area (Å²) in [5.74, 6) is 0.631. The molecule has 110 valence electrons. The van der Waals surface area contributed by atoms with Gasteiger partial charge in [-0.2, -0.15) is 0 Å². The van der Waals surface area contributed by atoms with Crippen molar-refractivity contribution in [2.24, 2.45) is 0 Å². The van der Waals surface area contributed by atoms with Crippen molar-refractivity contribution < 1.29 is 9.21 Å². The molecule has 1 atom stereocenters. The Bertz CT molecular complexity index is 556. The van der Waals surface area contributed by atoms with Crippen LogP contribution in [0.5, 0.6) is 0 Å². The quantitative estimate of drug-likeness (QED) is 0.562. The van der Waals surface area contributed by atoms with Gasteiger partial charge in [-0.1, -0.05) is 0 Å². The SMILES string of the molecule is O=C(C[C@@H]([Se]C1CCCC1)c1ccccc1)c1ccco1. The molecule has 1 aromatic carbocycles. The predicted molar refractivity (Wildman–Crippen MR) is 84.8 cm³/mol. The molecule has 1 heterocycles. The fourth-order valence-electron chi connectivity index (χ4n) is 2.88. The molecule has 2 nitrogen and oxygen atoms in total. The number of hydrogen-bond acceptors (Lipinski definition) is 2. The van der Waals surface area contributed by atoms with Crippen molar-refractivity contribution in [2.45, 2.75) is 41.7 Å². The van der Waals surface area contributed by atoms with Crippen LogP contribution in [-0.2, 0) is 0 Å². The second kappa shape index (κ2) is 7.11. The van der Waals surface area contributed by atoms with Crippen LogP contribution < -0.4 is 0 Å². The molecular formula is C18H20O2Se. The zero-order valence-corrected chi connectivity index (χ0v) is 13.7.